The first-order chi connectivity index (χ1) is 14.3. The zero-order chi connectivity index (χ0) is 21.8. The molecule has 2 N–H and O–H groups in total. The molecular weight excluding hydrogens is 378 g/mol. The van der Waals surface area contributed by atoms with Crippen molar-refractivity contribution in [3.8, 4) is 0 Å². The maximum atomic E-state index is 12.8. The number of aromatic nitrogens is 3. The van der Waals surface area contributed by atoms with Crippen molar-refractivity contribution in [1.29, 1.82) is 0 Å². The van der Waals surface area contributed by atoms with E-state index in [1.54, 1.807) is 6.92 Å². The van der Waals surface area contributed by atoms with Crippen LogP contribution in [0.15, 0.2) is 36.4 Å². The second-order valence-corrected chi connectivity index (χ2v) is 7.47. The van der Waals surface area contributed by atoms with Gasteiger partial charge in [0, 0.05) is 11.4 Å². The van der Waals surface area contributed by atoms with Crippen molar-refractivity contribution >= 4 is 23.2 Å². The summed E-state index contributed by atoms with van der Waals surface area (Å²) in [6.45, 7) is 9.68. The number of rotatable bonds is 6. The van der Waals surface area contributed by atoms with Gasteiger partial charge in [-0.3, -0.25) is 9.59 Å². The van der Waals surface area contributed by atoms with E-state index in [0.29, 0.717) is 5.69 Å². The Bertz CT molecular complexity index is 1080. The molecule has 0 saturated heterocycles. The van der Waals surface area contributed by atoms with E-state index in [4.69, 9.17) is 0 Å². The predicted molar refractivity (Wildman–Crippen MR) is 118 cm³/mol. The molecule has 1 aromatic heterocycles. The van der Waals surface area contributed by atoms with E-state index in [-0.39, 0.29) is 24.1 Å². The maximum Gasteiger partial charge on any atom is 0.278 e. The monoisotopic (exact) mass is 405 g/mol. The van der Waals surface area contributed by atoms with Crippen LogP contribution in [-0.2, 0) is 17.8 Å². The molecule has 0 aliphatic heterocycles. The Morgan fingerprint density at radius 1 is 1.00 bits per heavy atom. The molecule has 0 saturated carbocycles. The quantitative estimate of drug-likeness (QED) is 0.649. The molecule has 1 heterocycles. The fraction of sp³-hybridized carbons (Fsp3) is 0.304. The number of aryl methyl sites for hydroxylation is 4. The number of nitrogens with one attached hydrogen (secondary N) is 2. The molecule has 0 unspecified atom stereocenters. The third-order valence-corrected chi connectivity index (χ3v) is 5.08. The second-order valence-electron chi connectivity index (χ2n) is 7.47. The Morgan fingerprint density at radius 2 is 1.67 bits per heavy atom. The fourth-order valence-corrected chi connectivity index (χ4v) is 3.55. The minimum absolute atomic E-state index is 0.0211. The Morgan fingerprint density at radius 3 is 2.33 bits per heavy atom. The molecule has 30 heavy (non-hydrogen) atoms. The first-order valence-corrected chi connectivity index (χ1v) is 9.97. The molecule has 0 aliphatic carbocycles. The zero-order valence-electron chi connectivity index (χ0n) is 18.0. The van der Waals surface area contributed by atoms with Gasteiger partial charge in [0.2, 0.25) is 5.91 Å². The summed E-state index contributed by atoms with van der Waals surface area (Å²) in [6, 6.07) is 11.7. The van der Waals surface area contributed by atoms with Gasteiger partial charge in [-0.05, 0) is 56.9 Å². The molecule has 2 aromatic carbocycles. The van der Waals surface area contributed by atoms with Crippen LogP contribution in [0.3, 0.4) is 0 Å². The molecule has 2 amide bonds. The lowest BCUT2D eigenvalue weighted by Gasteiger charge is -2.12. The number of para-hydroxylation sites is 1. The van der Waals surface area contributed by atoms with E-state index >= 15 is 0 Å². The van der Waals surface area contributed by atoms with Gasteiger partial charge in [0.1, 0.15) is 6.54 Å². The summed E-state index contributed by atoms with van der Waals surface area (Å²) in [5.41, 5.74) is 6.47. The summed E-state index contributed by atoms with van der Waals surface area (Å²) in [6.07, 6.45) is 0.820. The molecule has 7 heteroatoms. The van der Waals surface area contributed by atoms with Crippen LogP contribution in [0.4, 0.5) is 11.4 Å². The minimum atomic E-state index is -0.342. The Balaban J connectivity index is 1.73. The third kappa shape index (κ3) is 4.56. The Labute approximate surface area is 176 Å². The SMILES string of the molecule is CCc1ccccc1NC(=O)Cn1nnc(C(=O)Nc2c(C)cc(C)cc2C)c1C. The summed E-state index contributed by atoms with van der Waals surface area (Å²) < 4.78 is 1.44. The second kappa shape index (κ2) is 8.90. The van der Waals surface area contributed by atoms with Crippen LogP contribution in [0.2, 0.25) is 0 Å². The number of carbonyl (C=O) groups excluding carboxylic acids is 2. The first kappa shape index (κ1) is 21.2. The molecule has 0 fully saturated rings. The lowest BCUT2D eigenvalue weighted by molar-refractivity contribution is -0.117. The van der Waals surface area contributed by atoms with Crippen LogP contribution in [0, 0.1) is 27.7 Å². The number of benzene rings is 2. The van der Waals surface area contributed by atoms with Gasteiger partial charge in [0.25, 0.3) is 5.91 Å². The molecule has 0 radical (unpaired) electrons. The van der Waals surface area contributed by atoms with Gasteiger partial charge in [0.05, 0.1) is 5.69 Å². The van der Waals surface area contributed by atoms with E-state index in [2.05, 4.69) is 20.9 Å². The van der Waals surface area contributed by atoms with Crippen molar-refractivity contribution in [3.63, 3.8) is 0 Å². The summed E-state index contributed by atoms with van der Waals surface area (Å²) in [7, 11) is 0. The lowest BCUT2D eigenvalue weighted by Crippen LogP contribution is -2.21. The molecule has 3 aromatic rings. The van der Waals surface area contributed by atoms with Crippen molar-refractivity contribution in [2.45, 2.75) is 47.6 Å². The summed E-state index contributed by atoms with van der Waals surface area (Å²) in [5.74, 6) is -0.563. The molecule has 3 rings (SSSR count). The molecule has 0 aliphatic rings. The summed E-state index contributed by atoms with van der Waals surface area (Å²) >= 11 is 0. The average Bonchev–Trinajstić information content (AvgIpc) is 3.05. The smallest absolute Gasteiger partial charge is 0.278 e. The Kier molecular flexibility index (Phi) is 6.30. The van der Waals surface area contributed by atoms with Crippen LogP contribution >= 0.6 is 0 Å². The first-order valence-electron chi connectivity index (χ1n) is 9.97. The highest BCUT2D eigenvalue weighted by atomic mass is 16.2. The van der Waals surface area contributed by atoms with E-state index in [1.807, 2.05) is 64.1 Å². The molecule has 156 valence electrons. The number of amides is 2. The standard InChI is InChI=1S/C23H27N5O2/c1-6-18-9-7-8-10-19(18)24-20(29)13-28-17(5)22(26-27-28)23(30)25-21-15(3)11-14(2)12-16(21)4/h7-12H,6,13H2,1-5H3,(H,24,29)(H,25,30). The number of carbonyl (C=O) groups is 2. The molecule has 0 atom stereocenters. The zero-order valence-corrected chi connectivity index (χ0v) is 18.0. The minimum Gasteiger partial charge on any atom is -0.324 e. The van der Waals surface area contributed by atoms with Crippen LogP contribution < -0.4 is 10.6 Å². The van der Waals surface area contributed by atoms with E-state index in [1.165, 1.54) is 4.68 Å². The number of nitrogens with zero attached hydrogens (tertiary/aromatic N) is 3. The van der Waals surface area contributed by atoms with Gasteiger partial charge in [0.15, 0.2) is 5.69 Å². The van der Waals surface area contributed by atoms with Crippen molar-refractivity contribution in [2.24, 2.45) is 0 Å². The van der Waals surface area contributed by atoms with Crippen molar-refractivity contribution in [3.05, 3.63) is 70.0 Å². The topological polar surface area (TPSA) is 88.9 Å². The van der Waals surface area contributed by atoms with Crippen molar-refractivity contribution in [2.75, 3.05) is 10.6 Å². The highest BCUT2D eigenvalue weighted by molar-refractivity contribution is 6.04. The van der Waals surface area contributed by atoms with Gasteiger partial charge >= 0.3 is 0 Å². The van der Waals surface area contributed by atoms with E-state index in [0.717, 1.165) is 40.0 Å². The lowest BCUT2D eigenvalue weighted by atomic mass is 10.0. The van der Waals surface area contributed by atoms with Crippen LogP contribution in [-0.4, -0.2) is 26.8 Å². The van der Waals surface area contributed by atoms with Crippen molar-refractivity contribution < 1.29 is 9.59 Å². The van der Waals surface area contributed by atoms with Crippen LogP contribution in [0.5, 0.6) is 0 Å². The summed E-state index contributed by atoms with van der Waals surface area (Å²) in [5, 5.41) is 13.8. The van der Waals surface area contributed by atoms with Gasteiger partial charge in [-0.1, -0.05) is 48.0 Å². The van der Waals surface area contributed by atoms with E-state index in [9.17, 15) is 9.59 Å². The molecule has 7 nitrogen and oxygen atoms in total. The number of anilines is 2. The third-order valence-electron chi connectivity index (χ3n) is 5.08. The highest BCUT2D eigenvalue weighted by Crippen LogP contribution is 2.23. The number of hydrogen-bond acceptors (Lipinski definition) is 4. The summed E-state index contributed by atoms with van der Waals surface area (Å²) in [4.78, 5) is 25.3. The van der Waals surface area contributed by atoms with Gasteiger partial charge in [-0.2, -0.15) is 0 Å². The van der Waals surface area contributed by atoms with Gasteiger partial charge in [-0.25, -0.2) is 4.68 Å². The van der Waals surface area contributed by atoms with Gasteiger partial charge < -0.3 is 10.6 Å². The number of hydrogen-bond donors (Lipinski definition) is 2. The average molecular weight is 406 g/mol. The van der Waals surface area contributed by atoms with Crippen molar-refractivity contribution in [1.82, 2.24) is 15.0 Å². The van der Waals surface area contributed by atoms with Gasteiger partial charge in [-0.15, -0.1) is 5.10 Å². The molecule has 0 bridgehead atoms. The molecule has 0 spiro atoms. The predicted octanol–water partition coefficient (Wildman–Crippen LogP) is 3.97. The Hall–Kier alpha value is -3.48. The normalized spacial score (nSPS) is 10.7. The van der Waals surface area contributed by atoms with Crippen LogP contribution in [0.25, 0.3) is 0 Å². The van der Waals surface area contributed by atoms with Crippen LogP contribution in [0.1, 0.15) is 45.4 Å². The van der Waals surface area contributed by atoms with E-state index < -0.39 is 0 Å². The largest absolute Gasteiger partial charge is 0.324 e. The fourth-order valence-electron chi connectivity index (χ4n) is 3.55. The maximum absolute atomic E-state index is 12.8. The molecular formula is C23H27N5O2. The highest BCUT2D eigenvalue weighted by Gasteiger charge is 2.19.